The number of rotatable bonds is 0. The third-order valence-corrected chi connectivity index (χ3v) is 2.61. The summed E-state index contributed by atoms with van der Waals surface area (Å²) in [5.74, 6) is 0. The highest BCUT2D eigenvalue weighted by molar-refractivity contribution is 6.31. The average molecular weight is 204 g/mol. The van der Waals surface area contributed by atoms with Crippen LogP contribution < -0.4 is 5.73 Å². The van der Waals surface area contributed by atoms with Gasteiger partial charge in [-0.15, -0.1) is 12.4 Å². The normalized spacial score (nSPS) is 20.0. The first kappa shape index (κ1) is 9.85. The standard InChI is InChI=1S/C9H10ClN.ClH/c10-8-3-1-2-7-6(8)4-5-9(7)11;/h1-3,9H,4-5,11H2;1H/t9-;/m0./s1. The van der Waals surface area contributed by atoms with Crippen molar-refractivity contribution in [1.29, 1.82) is 0 Å². The van der Waals surface area contributed by atoms with Crippen molar-refractivity contribution >= 4 is 24.0 Å². The predicted octanol–water partition coefficient (Wildman–Crippen LogP) is 2.71. The molecule has 0 unspecified atom stereocenters. The van der Waals surface area contributed by atoms with Gasteiger partial charge in [-0.3, -0.25) is 0 Å². The maximum atomic E-state index is 5.98. The summed E-state index contributed by atoms with van der Waals surface area (Å²) >= 11 is 5.98. The number of halogens is 2. The lowest BCUT2D eigenvalue weighted by molar-refractivity contribution is 0.713. The van der Waals surface area contributed by atoms with Gasteiger partial charge < -0.3 is 5.73 Å². The van der Waals surface area contributed by atoms with Crippen molar-refractivity contribution in [2.45, 2.75) is 18.9 Å². The van der Waals surface area contributed by atoms with Gasteiger partial charge in [0.05, 0.1) is 0 Å². The van der Waals surface area contributed by atoms with E-state index in [1.807, 2.05) is 12.1 Å². The van der Waals surface area contributed by atoms with E-state index < -0.39 is 0 Å². The van der Waals surface area contributed by atoms with Crippen LogP contribution in [0, 0.1) is 0 Å². The second-order valence-corrected chi connectivity index (χ2v) is 3.36. The largest absolute Gasteiger partial charge is 0.324 e. The van der Waals surface area contributed by atoms with Gasteiger partial charge in [0.15, 0.2) is 0 Å². The van der Waals surface area contributed by atoms with Crippen LogP contribution in [0.4, 0.5) is 0 Å². The molecule has 1 atom stereocenters. The fourth-order valence-corrected chi connectivity index (χ4v) is 1.92. The van der Waals surface area contributed by atoms with E-state index in [1.165, 1.54) is 11.1 Å². The Hall–Kier alpha value is -0.240. The maximum absolute atomic E-state index is 5.98. The van der Waals surface area contributed by atoms with Gasteiger partial charge in [-0.05, 0) is 30.0 Å². The minimum atomic E-state index is 0. The summed E-state index contributed by atoms with van der Waals surface area (Å²) in [4.78, 5) is 0. The first-order valence-electron chi connectivity index (χ1n) is 3.82. The van der Waals surface area contributed by atoms with Gasteiger partial charge >= 0.3 is 0 Å². The van der Waals surface area contributed by atoms with Crippen molar-refractivity contribution in [3.8, 4) is 0 Å². The molecule has 0 radical (unpaired) electrons. The van der Waals surface area contributed by atoms with Crippen molar-refractivity contribution in [3.63, 3.8) is 0 Å². The molecular weight excluding hydrogens is 193 g/mol. The minimum absolute atomic E-state index is 0. The Labute approximate surface area is 83.3 Å². The van der Waals surface area contributed by atoms with Crippen LogP contribution in [0.1, 0.15) is 23.6 Å². The van der Waals surface area contributed by atoms with Crippen LogP contribution in [0.5, 0.6) is 0 Å². The molecule has 0 bridgehead atoms. The van der Waals surface area contributed by atoms with Gasteiger partial charge in [0.1, 0.15) is 0 Å². The third kappa shape index (κ3) is 1.45. The maximum Gasteiger partial charge on any atom is 0.0441 e. The van der Waals surface area contributed by atoms with E-state index in [0.717, 1.165) is 17.9 Å². The lowest BCUT2D eigenvalue weighted by Crippen LogP contribution is -2.04. The smallest absolute Gasteiger partial charge is 0.0441 e. The number of benzene rings is 1. The summed E-state index contributed by atoms with van der Waals surface area (Å²) in [5.41, 5.74) is 8.34. The molecule has 0 spiro atoms. The fourth-order valence-electron chi connectivity index (χ4n) is 1.64. The Morgan fingerprint density at radius 2 is 2.17 bits per heavy atom. The molecule has 1 nitrogen and oxygen atoms in total. The SMILES string of the molecule is Cl.N[C@H]1CCc2c(Cl)cccc21. The van der Waals surface area contributed by atoms with Gasteiger partial charge in [-0.2, -0.15) is 0 Å². The molecule has 3 heteroatoms. The Morgan fingerprint density at radius 1 is 1.42 bits per heavy atom. The van der Waals surface area contributed by atoms with E-state index in [9.17, 15) is 0 Å². The molecule has 2 N–H and O–H groups in total. The minimum Gasteiger partial charge on any atom is -0.324 e. The van der Waals surface area contributed by atoms with Crippen molar-refractivity contribution < 1.29 is 0 Å². The Balaban J connectivity index is 0.000000720. The summed E-state index contributed by atoms with van der Waals surface area (Å²) in [6.07, 6.45) is 2.08. The molecule has 1 aromatic rings. The molecule has 0 aromatic heterocycles. The molecule has 0 aliphatic heterocycles. The van der Waals surface area contributed by atoms with Gasteiger partial charge in [0, 0.05) is 11.1 Å². The molecule has 1 aliphatic carbocycles. The van der Waals surface area contributed by atoms with Gasteiger partial charge in [0.25, 0.3) is 0 Å². The molecule has 2 rings (SSSR count). The lowest BCUT2D eigenvalue weighted by Gasteiger charge is -2.03. The summed E-state index contributed by atoms with van der Waals surface area (Å²) in [6, 6.07) is 6.17. The average Bonchev–Trinajstić information content (AvgIpc) is 2.35. The lowest BCUT2D eigenvalue weighted by atomic mass is 10.1. The van der Waals surface area contributed by atoms with Crippen molar-refractivity contribution in [3.05, 3.63) is 34.3 Å². The molecule has 66 valence electrons. The van der Waals surface area contributed by atoms with Crippen molar-refractivity contribution in [2.75, 3.05) is 0 Å². The van der Waals surface area contributed by atoms with E-state index >= 15 is 0 Å². The van der Waals surface area contributed by atoms with E-state index in [1.54, 1.807) is 0 Å². The Morgan fingerprint density at radius 3 is 2.83 bits per heavy atom. The summed E-state index contributed by atoms with van der Waals surface area (Å²) in [6.45, 7) is 0. The summed E-state index contributed by atoms with van der Waals surface area (Å²) in [7, 11) is 0. The Bertz CT molecular complexity index is 286. The zero-order valence-electron chi connectivity index (χ0n) is 6.59. The number of hydrogen-bond acceptors (Lipinski definition) is 1. The second-order valence-electron chi connectivity index (χ2n) is 2.95. The summed E-state index contributed by atoms with van der Waals surface area (Å²) < 4.78 is 0. The summed E-state index contributed by atoms with van der Waals surface area (Å²) in [5, 5.41) is 0.871. The fraction of sp³-hybridized carbons (Fsp3) is 0.333. The zero-order valence-corrected chi connectivity index (χ0v) is 8.16. The van der Waals surface area contributed by atoms with Crippen LogP contribution in [0.25, 0.3) is 0 Å². The van der Waals surface area contributed by atoms with Crippen LogP contribution in [-0.4, -0.2) is 0 Å². The highest BCUT2D eigenvalue weighted by Gasteiger charge is 2.20. The van der Waals surface area contributed by atoms with Crippen LogP contribution in [0.3, 0.4) is 0 Å². The Kier molecular flexibility index (Phi) is 2.99. The van der Waals surface area contributed by atoms with E-state index in [0.29, 0.717) is 0 Å². The third-order valence-electron chi connectivity index (χ3n) is 2.26. The second kappa shape index (κ2) is 3.65. The number of hydrogen-bond donors (Lipinski definition) is 1. The molecule has 0 amide bonds. The topological polar surface area (TPSA) is 26.0 Å². The number of fused-ring (bicyclic) bond motifs is 1. The van der Waals surface area contributed by atoms with Crippen molar-refractivity contribution in [2.24, 2.45) is 5.73 Å². The molecule has 0 saturated heterocycles. The number of nitrogens with two attached hydrogens (primary N) is 1. The molecule has 0 saturated carbocycles. The van der Waals surface area contributed by atoms with Gasteiger partial charge in [-0.1, -0.05) is 23.7 Å². The quantitative estimate of drug-likeness (QED) is 0.690. The van der Waals surface area contributed by atoms with E-state index in [-0.39, 0.29) is 18.4 Å². The van der Waals surface area contributed by atoms with Crippen LogP contribution in [-0.2, 0) is 6.42 Å². The molecule has 1 aliphatic rings. The van der Waals surface area contributed by atoms with Gasteiger partial charge in [0.2, 0.25) is 0 Å². The van der Waals surface area contributed by atoms with E-state index in [4.69, 9.17) is 17.3 Å². The zero-order chi connectivity index (χ0) is 7.84. The van der Waals surface area contributed by atoms with E-state index in [2.05, 4.69) is 6.07 Å². The monoisotopic (exact) mass is 203 g/mol. The van der Waals surface area contributed by atoms with Gasteiger partial charge in [-0.25, -0.2) is 0 Å². The van der Waals surface area contributed by atoms with Crippen molar-refractivity contribution in [1.82, 2.24) is 0 Å². The first-order chi connectivity index (χ1) is 5.29. The predicted molar refractivity (Wildman–Crippen MR) is 53.9 cm³/mol. The highest BCUT2D eigenvalue weighted by atomic mass is 35.5. The first-order valence-corrected chi connectivity index (χ1v) is 4.19. The van der Waals surface area contributed by atoms with Crippen LogP contribution >= 0.6 is 24.0 Å². The highest BCUT2D eigenvalue weighted by Crippen LogP contribution is 2.33. The molecule has 0 heterocycles. The molecule has 12 heavy (non-hydrogen) atoms. The van der Waals surface area contributed by atoms with Crippen LogP contribution in [0.2, 0.25) is 5.02 Å². The molecule has 1 aromatic carbocycles. The molecule has 0 fully saturated rings. The van der Waals surface area contributed by atoms with Crippen LogP contribution in [0.15, 0.2) is 18.2 Å². The molecular formula is C9H11Cl2N.